The fourth-order valence-electron chi connectivity index (χ4n) is 3.02. The summed E-state index contributed by atoms with van der Waals surface area (Å²) in [5.74, 6) is 1.22. The quantitative estimate of drug-likeness (QED) is 0.926. The molecule has 0 fully saturated rings. The highest BCUT2D eigenvalue weighted by atomic mass is 19.1. The minimum absolute atomic E-state index is 0.0199. The number of phenolic OH excluding ortho intramolecular Hbond substituents is 1. The molecule has 0 saturated heterocycles. The van der Waals surface area contributed by atoms with E-state index in [-0.39, 0.29) is 17.7 Å². The van der Waals surface area contributed by atoms with Crippen LogP contribution in [0.3, 0.4) is 0 Å². The second-order valence-corrected chi connectivity index (χ2v) is 6.52. The fourth-order valence-corrected chi connectivity index (χ4v) is 3.02. The van der Waals surface area contributed by atoms with Crippen LogP contribution in [0.5, 0.6) is 11.5 Å². The number of hydrogen-bond acceptors (Lipinski definition) is 3. The van der Waals surface area contributed by atoms with Gasteiger partial charge >= 0.3 is 0 Å². The molecule has 2 aromatic rings. The minimum Gasteiger partial charge on any atom is -0.508 e. The van der Waals surface area contributed by atoms with Gasteiger partial charge < -0.3 is 14.7 Å². The van der Waals surface area contributed by atoms with Crippen LogP contribution in [0.25, 0.3) is 0 Å². The van der Waals surface area contributed by atoms with Gasteiger partial charge in [-0.25, -0.2) is 4.39 Å². The molecule has 4 heteroatoms. The van der Waals surface area contributed by atoms with Crippen molar-refractivity contribution in [3.63, 3.8) is 0 Å². The van der Waals surface area contributed by atoms with Gasteiger partial charge in [0, 0.05) is 19.0 Å². The Morgan fingerprint density at radius 3 is 2.65 bits per heavy atom. The van der Waals surface area contributed by atoms with E-state index in [2.05, 4.69) is 18.7 Å². The number of halogens is 1. The third-order valence-electron chi connectivity index (χ3n) is 3.96. The lowest BCUT2D eigenvalue weighted by molar-refractivity contribution is 0.191. The monoisotopic (exact) mass is 315 g/mol. The summed E-state index contributed by atoms with van der Waals surface area (Å²) in [6.45, 7) is 6.09. The van der Waals surface area contributed by atoms with E-state index < -0.39 is 0 Å². The molecule has 1 heterocycles. The lowest BCUT2D eigenvalue weighted by Gasteiger charge is -2.37. The molecule has 0 amide bonds. The van der Waals surface area contributed by atoms with E-state index in [0.717, 1.165) is 24.3 Å². The van der Waals surface area contributed by atoms with Crippen molar-refractivity contribution >= 4 is 5.69 Å². The molecule has 3 nitrogen and oxygen atoms in total. The molecule has 1 unspecified atom stereocenters. The van der Waals surface area contributed by atoms with Crippen molar-refractivity contribution in [2.75, 3.05) is 18.0 Å². The number of phenols is 1. The van der Waals surface area contributed by atoms with Crippen molar-refractivity contribution in [1.82, 2.24) is 0 Å². The maximum atomic E-state index is 13.0. The summed E-state index contributed by atoms with van der Waals surface area (Å²) in [6.07, 6.45) is 0.692. The molecule has 0 radical (unpaired) electrons. The van der Waals surface area contributed by atoms with Crippen LogP contribution in [-0.2, 0) is 6.42 Å². The largest absolute Gasteiger partial charge is 0.508 e. The molecule has 0 spiro atoms. The summed E-state index contributed by atoms with van der Waals surface area (Å²) in [7, 11) is 0. The Labute approximate surface area is 136 Å². The highest BCUT2D eigenvalue weighted by molar-refractivity contribution is 5.62. The molecule has 1 N–H and O–H groups in total. The van der Waals surface area contributed by atoms with Crippen LogP contribution >= 0.6 is 0 Å². The van der Waals surface area contributed by atoms with Crippen molar-refractivity contribution in [2.45, 2.75) is 26.4 Å². The van der Waals surface area contributed by atoms with Crippen molar-refractivity contribution < 1.29 is 14.2 Å². The van der Waals surface area contributed by atoms with Crippen molar-refractivity contribution in [3.8, 4) is 11.5 Å². The Kier molecular flexibility index (Phi) is 4.42. The number of nitrogens with zero attached hydrogens (tertiary/aromatic N) is 1. The Balaban J connectivity index is 1.82. The van der Waals surface area contributed by atoms with Gasteiger partial charge in [0.15, 0.2) is 0 Å². The summed E-state index contributed by atoms with van der Waals surface area (Å²) in [4.78, 5) is 2.30. The number of ether oxygens (including phenoxy) is 1. The minimum atomic E-state index is -0.227. The third kappa shape index (κ3) is 3.76. The van der Waals surface area contributed by atoms with Gasteiger partial charge in [-0.1, -0.05) is 26.0 Å². The van der Waals surface area contributed by atoms with Crippen LogP contribution < -0.4 is 9.64 Å². The average molecular weight is 315 g/mol. The predicted octanol–water partition coefficient (Wildman–Crippen LogP) is 4.00. The van der Waals surface area contributed by atoms with Gasteiger partial charge in [-0.05, 0) is 35.7 Å². The lowest BCUT2D eigenvalue weighted by atomic mass is 10.0. The smallest absolute Gasteiger partial charge is 0.146 e. The SMILES string of the molecule is CC(C)CN1CC(Cc2ccc(F)cc2)Oc2cc(O)ccc21. The van der Waals surface area contributed by atoms with Gasteiger partial charge in [0.05, 0.1) is 12.2 Å². The standard InChI is InChI=1S/C19H22FNO2/c1-13(2)11-21-12-17(9-14-3-5-15(20)6-4-14)23-19-10-16(22)7-8-18(19)21/h3-8,10,13,17,22H,9,11-12H2,1-2H3. The summed E-state index contributed by atoms with van der Waals surface area (Å²) in [5, 5.41) is 9.72. The first-order valence-electron chi connectivity index (χ1n) is 8.00. The van der Waals surface area contributed by atoms with Gasteiger partial charge in [0.2, 0.25) is 0 Å². The van der Waals surface area contributed by atoms with E-state index >= 15 is 0 Å². The summed E-state index contributed by atoms with van der Waals surface area (Å²) in [6, 6.07) is 11.8. The van der Waals surface area contributed by atoms with Gasteiger partial charge in [0.1, 0.15) is 23.4 Å². The molecule has 1 aliphatic heterocycles. The maximum absolute atomic E-state index is 13.0. The first-order valence-corrected chi connectivity index (χ1v) is 8.00. The Morgan fingerprint density at radius 1 is 1.22 bits per heavy atom. The fraction of sp³-hybridized carbons (Fsp3) is 0.368. The molecule has 1 atom stereocenters. The number of rotatable bonds is 4. The number of anilines is 1. The molecule has 23 heavy (non-hydrogen) atoms. The molecule has 0 saturated carbocycles. The zero-order valence-electron chi connectivity index (χ0n) is 13.5. The second-order valence-electron chi connectivity index (χ2n) is 6.52. The van der Waals surface area contributed by atoms with Crippen LogP contribution in [0.4, 0.5) is 10.1 Å². The van der Waals surface area contributed by atoms with Crippen LogP contribution in [0.2, 0.25) is 0 Å². The number of hydrogen-bond donors (Lipinski definition) is 1. The molecule has 0 aromatic heterocycles. The van der Waals surface area contributed by atoms with Crippen molar-refractivity contribution in [2.24, 2.45) is 5.92 Å². The maximum Gasteiger partial charge on any atom is 0.146 e. The van der Waals surface area contributed by atoms with E-state index in [1.54, 1.807) is 24.3 Å². The van der Waals surface area contributed by atoms with Gasteiger partial charge in [-0.15, -0.1) is 0 Å². The summed E-state index contributed by atoms with van der Waals surface area (Å²) in [5.41, 5.74) is 2.07. The topological polar surface area (TPSA) is 32.7 Å². The molecule has 0 aliphatic carbocycles. The average Bonchev–Trinajstić information content (AvgIpc) is 2.48. The second kappa shape index (κ2) is 6.49. The van der Waals surface area contributed by atoms with Crippen LogP contribution in [0, 0.1) is 11.7 Å². The zero-order valence-corrected chi connectivity index (χ0v) is 13.5. The van der Waals surface area contributed by atoms with Gasteiger partial charge in [0.25, 0.3) is 0 Å². The Bertz CT molecular complexity index is 670. The predicted molar refractivity (Wildman–Crippen MR) is 89.7 cm³/mol. The van der Waals surface area contributed by atoms with Gasteiger partial charge in [-0.3, -0.25) is 0 Å². The van der Waals surface area contributed by atoms with Crippen LogP contribution in [0.15, 0.2) is 42.5 Å². The zero-order chi connectivity index (χ0) is 16.4. The normalized spacial score (nSPS) is 17.0. The first kappa shape index (κ1) is 15.7. The van der Waals surface area contributed by atoms with Gasteiger partial charge in [-0.2, -0.15) is 0 Å². The Morgan fingerprint density at radius 2 is 1.96 bits per heavy atom. The van der Waals surface area contributed by atoms with E-state index in [1.807, 2.05) is 6.07 Å². The first-order chi connectivity index (χ1) is 11.0. The van der Waals surface area contributed by atoms with E-state index in [0.29, 0.717) is 18.1 Å². The van der Waals surface area contributed by atoms with Crippen molar-refractivity contribution in [3.05, 3.63) is 53.8 Å². The van der Waals surface area contributed by atoms with E-state index in [4.69, 9.17) is 4.74 Å². The van der Waals surface area contributed by atoms with E-state index in [1.165, 1.54) is 12.1 Å². The van der Waals surface area contributed by atoms with E-state index in [9.17, 15) is 9.50 Å². The van der Waals surface area contributed by atoms with Crippen LogP contribution in [-0.4, -0.2) is 24.3 Å². The summed E-state index contributed by atoms with van der Waals surface area (Å²) >= 11 is 0. The Hall–Kier alpha value is -2.23. The summed E-state index contributed by atoms with van der Waals surface area (Å²) < 4.78 is 19.1. The highest BCUT2D eigenvalue weighted by Crippen LogP contribution is 2.37. The molecular formula is C19H22FNO2. The molecule has 3 rings (SSSR count). The molecule has 2 aromatic carbocycles. The number of aromatic hydroxyl groups is 1. The van der Waals surface area contributed by atoms with Crippen LogP contribution in [0.1, 0.15) is 19.4 Å². The molecule has 0 bridgehead atoms. The molecular weight excluding hydrogens is 293 g/mol. The number of benzene rings is 2. The lowest BCUT2D eigenvalue weighted by Crippen LogP contribution is -2.42. The van der Waals surface area contributed by atoms with Crippen molar-refractivity contribution in [1.29, 1.82) is 0 Å². The molecule has 1 aliphatic rings. The third-order valence-corrected chi connectivity index (χ3v) is 3.96. The highest BCUT2D eigenvalue weighted by Gasteiger charge is 2.26. The number of fused-ring (bicyclic) bond motifs is 1. The molecule has 122 valence electrons.